The van der Waals surface area contributed by atoms with Gasteiger partial charge in [-0.3, -0.25) is 0 Å². The second kappa shape index (κ2) is 6.76. The van der Waals surface area contributed by atoms with E-state index in [1.54, 1.807) is 7.11 Å². The second-order valence-electron chi connectivity index (χ2n) is 3.76. The van der Waals surface area contributed by atoms with Crippen molar-refractivity contribution in [3.8, 4) is 5.75 Å². The van der Waals surface area contributed by atoms with Crippen LogP contribution in [0.2, 0.25) is 0 Å². The molecule has 16 heavy (non-hydrogen) atoms. The molecular weight excluding hydrogens is 268 g/mol. The molecule has 0 aromatic heterocycles. The maximum Gasteiger partial charge on any atom is 0.142 e. The van der Waals surface area contributed by atoms with Crippen LogP contribution in [0.1, 0.15) is 6.42 Å². The molecule has 1 aliphatic rings. The molecule has 1 fully saturated rings. The maximum atomic E-state index is 5.38. The predicted octanol–water partition coefficient (Wildman–Crippen LogP) is 2.07. The Morgan fingerprint density at radius 3 is 2.81 bits per heavy atom. The average Bonchev–Trinajstić information content (AvgIpc) is 2.57. The van der Waals surface area contributed by atoms with E-state index in [1.165, 1.54) is 12.1 Å². The number of ether oxygens (including phenoxy) is 1. The van der Waals surface area contributed by atoms with E-state index in [0.29, 0.717) is 0 Å². The van der Waals surface area contributed by atoms with Crippen LogP contribution in [0.15, 0.2) is 24.3 Å². The fourth-order valence-electron chi connectivity index (χ4n) is 1.98. The first-order valence-electron chi connectivity index (χ1n) is 5.50. The molecule has 0 bridgehead atoms. The van der Waals surface area contributed by atoms with Gasteiger partial charge >= 0.3 is 0 Å². The molecule has 4 heteroatoms. The molecule has 1 aromatic carbocycles. The van der Waals surface area contributed by atoms with Gasteiger partial charge in [0, 0.05) is 19.6 Å². The van der Waals surface area contributed by atoms with Crippen LogP contribution in [0, 0.1) is 0 Å². The number of nitrogens with one attached hydrogen (secondary N) is 1. The lowest BCUT2D eigenvalue weighted by Crippen LogP contribution is -2.28. The Morgan fingerprint density at radius 2 is 2.00 bits per heavy atom. The van der Waals surface area contributed by atoms with E-state index in [0.717, 1.165) is 31.9 Å². The molecule has 1 heterocycles. The lowest BCUT2D eigenvalue weighted by molar-refractivity contribution is 0.414. The molecule has 1 aromatic rings. The van der Waals surface area contributed by atoms with Crippen molar-refractivity contribution in [2.24, 2.45) is 0 Å². The molecule has 2 rings (SSSR count). The third-order valence-corrected chi connectivity index (χ3v) is 2.77. The lowest BCUT2D eigenvalue weighted by atomic mass is 10.2. The second-order valence-corrected chi connectivity index (χ2v) is 3.76. The molecule has 1 aliphatic heterocycles. The van der Waals surface area contributed by atoms with E-state index in [4.69, 9.17) is 4.74 Å². The van der Waals surface area contributed by atoms with E-state index in [9.17, 15) is 0 Å². The molecule has 0 unspecified atom stereocenters. The number of hydrogen-bond acceptors (Lipinski definition) is 3. The minimum Gasteiger partial charge on any atom is -0.495 e. The van der Waals surface area contributed by atoms with Gasteiger partial charge in [0.1, 0.15) is 5.75 Å². The maximum absolute atomic E-state index is 5.38. The van der Waals surface area contributed by atoms with E-state index in [-0.39, 0.29) is 17.0 Å². The SMILES string of the molecule is Br.COc1ccccc1N1CCCNCC1. The summed E-state index contributed by atoms with van der Waals surface area (Å²) in [6.45, 7) is 4.33. The molecule has 1 N–H and O–H groups in total. The average molecular weight is 287 g/mol. The topological polar surface area (TPSA) is 24.5 Å². The van der Waals surface area contributed by atoms with E-state index >= 15 is 0 Å². The summed E-state index contributed by atoms with van der Waals surface area (Å²) in [5, 5.41) is 3.40. The molecule has 3 nitrogen and oxygen atoms in total. The van der Waals surface area contributed by atoms with Gasteiger partial charge in [-0.25, -0.2) is 0 Å². The van der Waals surface area contributed by atoms with Crippen LogP contribution in [0.25, 0.3) is 0 Å². The summed E-state index contributed by atoms with van der Waals surface area (Å²) < 4.78 is 5.38. The monoisotopic (exact) mass is 286 g/mol. The zero-order chi connectivity index (χ0) is 10.5. The van der Waals surface area contributed by atoms with Crippen molar-refractivity contribution in [1.82, 2.24) is 5.32 Å². The van der Waals surface area contributed by atoms with Crippen LogP contribution < -0.4 is 15.0 Å². The van der Waals surface area contributed by atoms with Crippen molar-refractivity contribution in [3.05, 3.63) is 24.3 Å². The number of halogens is 1. The molecule has 0 atom stereocenters. The number of nitrogens with zero attached hydrogens (tertiary/aromatic N) is 1. The van der Waals surface area contributed by atoms with E-state index < -0.39 is 0 Å². The van der Waals surface area contributed by atoms with E-state index in [2.05, 4.69) is 22.3 Å². The van der Waals surface area contributed by atoms with Crippen LogP contribution in [0.5, 0.6) is 5.75 Å². The Kier molecular flexibility index (Phi) is 5.63. The number of anilines is 1. The van der Waals surface area contributed by atoms with Gasteiger partial charge in [0.2, 0.25) is 0 Å². The summed E-state index contributed by atoms with van der Waals surface area (Å²) in [5.74, 6) is 0.972. The molecule has 90 valence electrons. The minimum absolute atomic E-state index is 0. The first-order chi connectivity index (χ1) is 7.42. The van der Waals surface area contributed by atoms with Crippen molar-refractivity contribution in [1.29, 1.82) is 0 Å². The smallest absolute Gasteiger partial charge is 0.142 e. The van der Waals surface area contributed by atoms with Crippen LogP contribution in [0.4, 0.5) is 5.69 Å². The van der Waals surface area contributed by atoms with Gasteiger partial charge in [-0.1, -0.05) is 12.1 Å². The van der Waals surface area contributed by atoms with Crippen LogP contribution in [-0.4, -0.2) is 33.3 Å². The van der Waals surface area contributed by atoms with Crippen LogP contribution >= 0.6 is 17.0 Å². The molecule has 0 saturated carbocycles. The number of rotatable bonds is 2. The van der Waals surface area contributed by atoms with Gasteiger partial charge in [0.25, 0.3) is 0 Å². The molecule has 0 radical (unpaired) electrons. The molecule has 0 amide bonds. The third kappa shape index (κ3) is 3.12. The number of para-hydroxylation sites is 2. The highest BCUT2D eigenvalue weighted by Crippen LogP contribution is 2.27. The number of methoxy groups -OCH3 is 1. The quantitative estimate of drug-likeness (QED) is 0.901. The van der Waals surface area contributed by atoms with Gasteiger partial charge < -0.3 is 15.0 Å². The molecule has 0 aliphatic carbocycles. The van der Waals surface area contributed by atoms with Crippen molar-refractivity contribution in [2.45, 2.75) is 6.42 Å². The van der Waals surface area contributed by atoms with Gasteiger partial charge in [0.05, 0.1) is 12.8 Å². The fourth-order valence-corrected chi connectivity index (χ4v) is 1.98. The Balaban J connectivity index is 0.00000128. The standard InChI is InChI=1S/C12H18N2O.BrH/c1-15-12-6-3-2-5-11(12)14-9-4-7-13-8-10-14;/h2-3,5-6,13H,4,7-10H2,1H3;1H. The van der Waals surface area contributed by atoms with Crippen molar-refractivity contribution in [3.63, 3.8) is 0 Å². The Bertz CT molecular complexity index is 312. The van der Waals surface area contributed by atoms with Crippen molar-refractivity contribution < 1.29 is 4.74 Å². The molecular formula is C12H19BrN2O. The first kappa shape index (κ1) is 13.3. The number of benzene rings is 1. The van der Waals surface area contributed by atoms with Gasteiger partial charge in [0.15, 0.2) is 0 Å². The van der Waals surface area contributed by atoms with Crippen LogP contribution in [-0.2, 0) is 0 Å². The third-order valence-electron chi connectivity index (χ3n) is 2.77. The van der Waals surface area contributed by atoms with Gasteiger partial charge in [-0.15, -0.1) is 17.0 Å². The summed E-state index contributed by atoms with van der Waals surface area (Å²) in [7, 11) is 1.73. The highest BCUT2D eigenvalue weighted by molar-refractivity contribution is 8.93. The highest BCUT2D eigenvalue weighted by Gasteiger charge is 2.12. The predicted molar refractivity (Wildman–Crippen MR) is 73.0 cm³/mol. The Labute approximate surface area is 108 Å². The summed E-state index contributed by atoms with van der Waals surface area (Å²) in [4.78, 5) is 2.39. The minimum atomic E-state index is 0. The van der Waals surface area contributed by atoms with Gasteiger partial charge in [-0.2, -0.15) is 0 Å². The zero-order valence-corrected chi connectivity index (χ0v) is 11.3. The summed E-state index contributed by atoms with van der Waals surface area (Å²) in [6, 6.07) is 8.23. The largest absolute Gasteiger partial charge is 0.495 e. The Hall–Kier alpha value is -0.740. The summed E-state index contributed by atoms with van der Waals surface area (Å²) in [6.07, 6.45) is 1.19. The van der Waals surface area contributed by atoms with Crippen molar-refractivity contribution in [2.75, 3.05) is 38.2 Å². The molecule has 0 spiro atoms. The lowest BCUT2D eigenvalue weighted by Gasteiger charge is -2.24. The van der Waals surface area contributed by atoms with Gasteiger partial charge in [-0.05, 0) is 25.1 Å². The fraction of sp³-hybridized carbons (Fsp3) is 0.500. The number of hydrogen-bond donors (Lipinski definition) is 1. The first-order valence-corrected chi connectivity index (χ1v) is 5.50. The Morgan fingerprint density at radius 1 is 1.19 bits per heavy atom. The normalized spacial score (nSPS) is 16.2. The molecule has 1 saturated heterocycles. The van der Waals surface area contributed by atoms with Crippen molar-refractivity contribution >= 4 is 22.7 Å². The van der Waals surface area contributed by atoms with Crippen LogP contribution in [0.3, 0.4) is 0 Å². The summed E-state index contributed by atoms with van der Waals surface area (Å²) >= 11 is 0. The highest BCUT2D eigenvalue weighted by atomic mass is 79.9. The zero-order valence-electron chi connectivity index (χ0n) is 9.61. The summed E-state index contributed by atoms with van der Waals surface area (Å²) in [5.41, 5.74) is 1.21. The van der Waals surface area contributed by atoms with E-state index in [1.807, 2.05) is 12.1 Å².